The maximum atomic E-state index is 14.4. The molecular formula is C48H47NO8Si. The number of amides is 1. The van der Waals surface area contributed by atoms with E-state index in [2.05, 4.69) is 26.1 Å². The van der Waals surface area contributed by atoms with Gasteiger partial charge >= 0.3 is 18.0 Å². The molecule has 0 aromatic heterocycles. The van der Waals surface area contributed by atoms with E-state index in [1.165, 1.54) is 7.11 Å². The summed E-state index contributed by atoms with van der Waals surface area (Å²) in [5.74, 6) is -1.30. The van der Waals surface area contributed by atoms with Gasteiger partial charge in [-0.2, -0.15) is 0 Å². The Morgan fingerprint density at radius 2 is 1.12 bits per heavy atom. The third-order valence-electron chi connectivity index (χ3n) is 9.48. The zero-order chi connectivity index (χ0) is 40.9. The van der Waals surface area contributed by atoms with Crippen molar-refractivity contribution in [3.63, 3.8) is 0 Å². The third kappa shape index (κ3) is 10.7. The second kappa shape index (κ2) is 19.7. The van der Waals surface area contributed by atoms with E-state index in [4.69, 9.17) is 23.4 Å². The first kappa shape index (κ1) is 41.3. The molecule has 6 rings (SSSR count). The number of carbonyl (C=O) groups is 3. The summed E-state index contributed by atoms with van der Waals surface area (Å²) in [6.07, 6.45) is -0.728. The minimum absolute atomic E-state index is 0.0326. The Bertz CT molecular complexity index is 2260. The SMILES string of the molecule is COCOC(=O)c1c(-c2ccc(C(C)(C)C)cc2C(=O)OCc2ccccc2)ccc(NC(=O)OCc2ccccc2)c1CO[SiH](c1ccccc1)c1ccccc1. The lowest BCUT2D eigenvalue weighted by Crippen LogP contribution is -2.44. The van der Waals surface area contributed by atoms with Crippen molar-refractivity contribution in [3.05, 3.63) is 185 Å². The van der Waals surface area contributed by atoms with Crippen molar-refractivity contribution >= 4 is 43.1 Å². The molecule has 10 heteroatoms. The molecule has 0 spiro atoms. The van der Waals surface area contributed by atoms with Crippen molar-refractivity contribution < 1.29 is 37.8 Å². The van der Waals surface area contributed by atoms with Gasteiger partial charge in [-0.3, -0.25) is 5.32 Å². The molecule has 1 N–H and O–H groups in total. The number of benzene rings is 6. The molecular weight excluding hydrogens is 747 g/mol. The molecule has 0 atom stereocenters. The van der Waals surface area contributed by atoms with E-state index in [0.717, 1.165) is 27.1 Å². The number of anilines is 1. The van der Waals surface area contributed by atoms with Gasteiger partial charge in [0.2, 0.25) is 9.04 Å². The highest BCUT2D eigenvalue weighted by molar-refractivity contribution is 6.80. The second-order valence-corrected chi connectivity index (χ2v) is 17.1. The van der Waals surface area contributed by atoms with Gasteiger partial charge in [-0.25, -0.2) is 14.4 Å². The summed E-state index contributed by atoms with van der Waals surface area (Å²) in [6.45, 7) is 5.82. The molecule has 0 aliphatic carbocycles. The number of esters is 2. The quantitative estimate of drug-likeness (QED) is 0.0477. The lowest BCUT2D eigenvalue weighted by molar-refractivity contribution is -0.0126. The highest BCUT2D eigenvalue weighted by Gasteiger charge is 2.29. The van der Waals surface area contributed by atoms with Crippen LogP contribution in [0.4, 0.5) is 10.5 Å². The molecule has 1 amide bonds. The maximum absolute atomic E-state index is 14.4. The predicted octanol–water partition coefficient (Wildman–Crippen LogP) is 8.57. The molecule has 0 unspecified atom stereocenters. The van der Waals surface area contributed by atoms with E-state index in [1.54, 1.807) is 12.1 Å². The minimum atomic E-state index is -2.38. The van der Waals surface area contributed by atoms with Crippen LogP contribution in [0.3, 0.4) is 0 Å². The molecule has 58 heavy (non-hydrogen) atoms. The fourth-order valence-corrected chi connectivity index (χ4v) is 8.70. The summed E-state index contributed by atoms with van der Waals surface area (Å²) < 4.78 is 29.2. The normalized spacial score (nSPS) is 11.2. The van der Waals surface area contributed by atoms with E-state index in [-0.39, 0.29) is 48.8 Å². The zero-order valence-corrected chi connectivity index (χ0v) is 34.3. The van der Waals surface area contributed by atoms with E-state index in [1.807, 2.05) is 140 Å². The van der Waals surface area contributed by atoms with Crippen molar-refractivity contribution in [1.82, 2.24) is 0 Å². The van der Waals surface area contributed by atoms with Gasteiger partial charge < -0.3 is 23.4 Å². The largest absolute Gasteiger partial charge is 0.457 e. The van der Waals surface area contributed by atoms with Gasteiger partial charge in [0.1, 0.15) is 13.2 Å². The van der Waals surface area contributed by atoms with Crippen LogP contribution < -0.4 is 15.7 Å². The summed E-state index contributed by atoms with van der Waals surface area (Å²) in [5, 5.41) is 4.90. The van der Waals surface area contributed by atoms with Crippen molar-refractivity contribution in [2.24, 2.45) is 0 Å². The average Bonchev–Trinajstić information content (AvgIpc) is 3.25. The van der Waals surface area contributed by atoms with E-state index in [0.29, 0.717) is 16.7 Å². The first-order valence-electron chi connectivity index (χ1n) is 19.0. The van der Waals surface area contributed by atoms with Gasteiger partial charge in [0.15, 0.2) is 6.79 Å². The fraction of sp³-hybridized carbons (Fsp3) is 0.188. The number of hydrogen-bond donors (Lipinski definition) is 1. The maximum Gasteiger partial charge on any atom is 0.411 e. The first-order chi connectivity index (χ1) is 28.1. The smallest absolute Gasteiger partial charge is 0.411 e. The lowest BCUT2D eigenvalue weighted by Gasteiger charge is -2.24. The average molecular weight is 794 g/mol. The minimum Gasteiger partial charge on any atom is -0.457 e. The van der Waals surface area contributed by atoms with Crippen molar-refractivity contribution in [2.75, 3.05) is 19.2 Å². The van der Waals surface area contributed by atoms with Gasteiger partial charge in [-0.15, -0.1) is 0 Å². The summed E-state index contributed by atoms with van der Waals surface area (Å²) in [7, 11) is -0.963. The van der Waals surface area contributed by atoms with Crippen LogP contribution in [0.2, 0.25) is 0 Å². The first-order valence-corrected chi connectivity index (χ1v) is 20.6. The van der Waals surface area contributed by atoms with Gasteiger partial charge in [-0.05, 0) is 55.7 Å². The summed E-state index contributed by atoms with van der Waals surface area (Å²) >= 11 is 0. The summed E-state index contributed by atoms with van der Waals surface area (Å²) in [5.41, 5.74) is 4.02. The van der Waals surface area contributed by atoms with Crippen LogP contribution in [0.1, 0.15) is 63.7 Å². The lowest BCUT2D eigenvalue weighted by atomic mass is 9.83. The highest BCUT2D eigenvalue weighted by atomic mass is 28.3. The molecule has 0 aliphatic rings. The Balaban J connectivity index is 1.48. The molecule has 6 aromatic carbocycles. The molecule has 0 heterocycles. The molecule has 0 fully saturated rings. The Labute approximate surface area is 341 Å². The number of carbonyl (C=O) groups excluding carboxylic acids is 3. The van der Waals surface area contributed by atoms with Gasteiger partial charge in [0.05, 0.1) is 23.4 Å². The molecule has 0 aliphatic heterocycles. The summed E-state index contributed by atoms with van der Waals surface area (Å²) in [4.78, 5) is 41.9. The number of rotatable bonds is 15. The Hall–Kier alpha value is -6.33. The van der Waals surface area contributed by atoms with E-state index >= 15 is 0 Å². The van der Waals surface area contributed by atoms with Crippen molar-refractivity contribution in [2.45, 2.75) is 46.0 Å². The molecule has 0 saturated heterocycles. The standard InChI is InChI=1S/C48H47NO8Si/c1-48(2,3)36-25-26-39(41(29-36)45(50)54-30-34-17-9-5-10-18-34)40-27-28-43(49-47(52)55-31-35-19-11-6-12-20-35)42(44(40)46(51)56-33-53-4)32-57-58(37-21-13-7-14-22-37)38-23-15-8-16-24-38/h5-29,58H,30-33H2,1-4H3,(H,49,52). The fourth-order valence-electron chi connectivity index (χ4n) is 6.45. The number of nitrogens with one attached hydrogen (secondary N) is 1. The zero-order valence-electron chi connectivity index (χ0n) is 33.1. The second-order valence-electron chi connectivity index (χ2n) is 14.6. The molecule has 0 bridgehead atoms. The van der Waals surface area contributed by atoms with Crippen LogP contribution in [0, 0.1) is 0 Å². The summed E-state index contributed by atoms with van der Waals surface area (Å²) in [6, 6.07) is 47.5. The van der Waals surface area contributed by atoms with Crippen molar-refractivity contribution in [3.8, 4) is 11.1 Å². The van der Waals surface area contributed by atoms with E-state index < -0.39 is 27.1 Å². The molecule has 9 nitrogen and oxygen atoms in total. The van der Waals surface area contributed by atoms with Crippen molar-refractivity contribution in [1.29, 1.82) is 0 Å². The van der Waals surface area contributed by atoms with Crippen LogP contribution in [-0.2, 0) is 48.6 Å². The monoisotopic (exact) mass is 793 g/mol. The van der Waals surface area contributed by atoms with Crippen LogP contribution in [0.15, 0.2) is 152 Å². The third-order valence-corrected chi connectivity index (χ3v) is 12.0. The predicted molar refractivity (Wildman–Crippen MR) is 228 cm³/mol. The number of methoxy groups -OCH3 is 1. The van der Waals surface area contributed by atoms with Crippen LogP contribution in [0.25, 0.3) is 11.1 Å². The van der Waals surface area contributed by atoms with Gasteiger partial charge in [0, 0.05) is 12.7 Å². The van der Waals surface area contributed by atoms with Crippen LogP contribution in [-0.4, -0.2) is 41.0 Å². The van der Waals surface area contributed by atoms with Crippen LogP contribution >= 0.6 is 0 Å². The topological polar surface area (TPSA) is 109 Å². The van der Waals surface area contributed by atoms with E-state index in [9.17, 15) is 14.4 Å². The Kier molecular flexibility index (Phi) is 14.0. The number of ether oxygens (including phenoxy) is 4. The highest BCUT2D eigenvalue weighted by Crippen LogP contribution is 2.37. The Morgan fingerprint density at radius 1 is 0.586 bits per heavy atom. The molecule has 0 saturated carbocycles. The molecule has 296 valence electrons. The number of hydrogen-bond acceptors (Lipinski definition) is 8. The van der Waals surface area contributed by atoms with Crippen LogP contribution in [0.5, 0.6) is 0 Å². The van der Waals surface area contributed by atoms with Gasteiger partial charge in [0.25, 0.3) is 0 Å². The molecule has 6 aromatic rings. The Morgan fingerprint density at radius 3 is 1.67 bits per heavy atom. The molecule has 0 radical (unpaired) electrons. The van der Waals surface area contributed by atoms with Gasteiger partial charge in [-0.1, -0.05) is 160 Å².